The third-order valence-corrected chi connectivity index (χ3v) is 3.87. The minimum absolute atomic E-state index is 0.253. The average Bonchev–Trinajstić information content (AvgIpc) is 2.69. The average molecular weight is 367 g/mol. The fourth-order valence-electron chi connectivity index (χ4n) is 2.49. The van der Waals surface area contributed by atoms with Gasteiger partial charge in [-0.05, 0) is 31.5 Å². The van der Waals surface area contributed by atoms with Crippen molar-refractivity contribution in [2.75, 3.05) is 19.7 Å². The summed E-state index contributed by atoms with van der Waals surface area (Å²) in [6.07, 6.45) is 0. The molecule has 27 heavy (non-hydrogen) atoms. The lowest BCUT2D eigenvalue weighted by molar-refractivity contribution is -0.133. The van der Waals surface area contributed by atoms with Crippen LogP contribution >= 0.6 is 0 Å². The van der Waals surface area contributed by atoms with E-state index in [4.69, 9.17) is 9.47 Å². The predicted octanol–water partition coefficient (Wildman–Crippen LogP) is 3.85. The van der Waals surface area contributed by atoms with Gasteiger partial charge in [0.25, 0.3) is 5.91 Å². The van der Waals surface area contributed by atoms with E-state index in [-0.39, 0.29) is 12.5 Å². The van der Waals surface area contributed by atoms with Crippen LogP contribution in [0.25, 0.3) is 0 Å². The van der Waals surface area contributed by atoms with Crippen LogP contribution in [0, 0.1) is 0 Å². The minimum atomic E-state index is -0.585. The molecule has 0 fully saturated rings. The number of hydrogen-bond donors (Lipinski definition) is 0. The van der Waals surface area contributed by atoms with Crippen LogP contribution in [0.5, 0.6) is 5.75 Å². The van der Waals surface area contributed by atoms with Crippen molar-refractivity contribution in [2.45, 2.75) is 20.5 Å². The lowest BCUT2D eigenvalue weighted by Gasteiger charge is -2.20. The number of nitrogens with zero attached hydrogens (tertiary/aromatic N) is 1. The van der Waals surface area contributed by atoms with Crippen LogP contribution in [0.4, 0.5) is 0 Å². The minimum Gasteiger partial charge on any atom is -0.488 e. The molecule has 0 aliphatic heterocycles. The van der Waals surface area contributed by atoms with Crippen LogP contribution in [-0.2, 0) is 16.1 Å². The number of carbonyl (C=O) groups excluding carboxylic acids is 2. The van der Waals surface area contributed by atoms with E-state index in [9.17, 15) is 9.59 Å². The highest BCUT2D eigenvalue weighted by atomic mass is 16.5. The van der Waals surface area contributed by atoms with Crippen LogP contribution in [0.3, 0.4) is 0 Å². The lowest BCUT2D eigenvalue weighted by atomic mass is 10.2. The Kier molecular flexibility index (Phi) is 7.62. The Labute approximate surface area is 160 Å². The molecule has 2 aromatic rings. The van der Waals surface area contributed by atoms with Gasteiger partial charge in [-0.2, -0.15) is 0 Å². The maximum Gasteiger partial charge on any atom is 0.342 e. The smallest absolute Gasteiger partial charge is 0.342 e. The van der Waals surface area contributed by atoms with E-state index < -0.39 is 5.97 Å². The van der Waals surface area contributed by atoms with Gasteiger partial charge in [0.2, 0.25) is 0 Å². The van der Waals surface area contributed by atoms with Crippen molar-refractivity contribution in [3.05, 3.63) is 77.9 Å². The summed E-state index contributed by atoms with van der Waals surface area (Å²) >= 11 is 0. The monoisotopic (exact) mass is 367 g/mol. The summed E-state index contributed by atoms with van der Waals surface area (Å²) < 4.78 is 11.0. The first-order chi connectivity index (χ1) is 13.0. The molecule has 0 aromatic heterocycles. The Balaban J connectivity index is 1.98. The molecule has 0 saturated heterocycles. The molecule has 0 aliphatic carbocycles. The molecule has 2 rings (SSSR count). The quantitative estimate of drug-likeness (QED) is 0.499. The van der Waals surface area contributed by atoms with Gasteiger partial charge < -0.3 is 14.4 Å². The molecule has 142 valence electrons. The Hall–Kier alpha value is -3.08. The number of ether oxygens (including phenoxy) is 2. The number of para-hydroxylation sites is 1. The summed E-state index contributed by atoms with van der Waals surface area (Å²) in [5.41, 5.74) is 2.16. The normalized spacial score (nSPS) is 10.1. The van der Waals surface area contributed by atoms with E-state index in [1.807, 2.05) is 44.2 Å². The van der Waals surface area contributed by atoms with Gasteiger partial charge in [-0.1, -0.05) is 54.6 Å². The van der Waals surface area contributed by atoms with Crippen molar-refractivity contribution in [2.24, 2.45) is 0 Å². The summed E-state index contributed by atoms with van der Waals surface area (Å²) in [5, 5.41) is 0. The van der Waals surface area contributed by atoms with E-state index in [1.165, 1.54) is 0 Å². The van der Waals surface area contributed by atoms with E-state index >= 15 is 0 Å². The third-order valence-electron chi connectivity index (χ3n) is 3.87. The SMILES string of the molecule is C=C(C)CN(CC)C(=O)COC(=O)c1ccccc1OCc1ccccc1. The fraction of sp³-hybridized carbons (Fsp3) is 0.273. The molecule has 0 N–H and O–H groups in total. The molecule has 2 aromatic carbocycles. The molecular weight excluding hydrogens is 342 g/mol. The van der Waals surface area contributed by atoms with E-state index in [2.05, 4.69) is 6.58 Å². The second-order valence-corrected chi connectivity index (χ2v) is 6.21. The molecule has 0 bridgehead atoms. The molecule has 0 radical (unpaired) electrons. The van der Waals surface area contributed by atoms with Gasteiger partial charge in [0.15, 0.2) is 6.61 Å². The molecule has 0 saturated carbocycles. The number of rotatable bonds is 9. The van der Waals surface area contributed by atoms with Gasteiger partial charge >= 0.3 is 5.97 Å². The van der Waals surface area contributed by atoms with Crippen LogP contribution in [0.15, 0.2) is 66.7 Å². The second kappa shape index (κ2) is 10.2. The zero-order valence-electron chi connectivity index (χ0n) is 15.8. The summed E-state index contributed by atoms with van der Waals surface area (Å²) in [5.74, 6) is -0.414. The van der Waals surface area contributed by atoms with E-state index in [0.29, 0.717) is 31.0 Å². The number of likely N-dealkylation sites (N-methyl/N-ethyl adjacent to an activating group) is 1. The molecule has 5 heteroatoms. The molecular formula is C22H25NO4. The number of esters is 1. The highest BCUT2D eigenvalue weighted by Crippen LogP contribution is 2.20. The zero-order valence-corrected chi connectivity index (χ0v) is 15.8. The maximum absolute atomic E-state index is 12.4. The first-order valence-corrected chi connectivity index (χ1v) is 8.86. The highest BCUT2D eigenvalue weighted by molar-refractivity contribution is 5.94. The first kappa shape index (κ1) is 20.2. The van der Waals surface area contributed by atoms with Gasteiger partial charge in [0.05, 0.1) is 0 Å². The van der Waals surface area contributed by atoms with Crippen LogP contribution < -0.4 is 4.74 Å². The van der Waals surface area contributed by atoms with Crippen molar-refractivity contribution < 1.29 is 19.1 Å². The highest BCUT2D eigenvalue weighted by Gasteiger charge is 2.18. The van der Waals surface area contributed by atoms with Crippen LogP contribution in [-0.4, -0.2) is 36.5 Å². The summed E-state index contributed by atoms with van der Waals surface area (Å²) in [4.78, 5) is 26.2. The summed E-state index contributed by atoms with van der Waals surface area (Å²) in [6.45, 7) is 8.53. The van der Waals surface area contributed by atoms with E-state index in [0.717, 1.165) is 11.1 Å². The summed E-state index contributed by atoms with van der Waals surface area (Å²) in [6, 6.07) is 16.5. The van der Waals surface area contributed by atoms with Gasteiger partial charge in [-0.15, -0.1) is 0 Å². The fourth-order valence-corrected chi connectivity index (χ4v) is 2.49. The van der Waals surface area contributed by atoms with Crippen LogP contribution in [0.2, 0.25) is 0 Å². The maximum atomic E-state index is 12.4. The van der Waals surface area contributed by atoms with Crippen molar-refractivity contribution in [3.63, 3.8) is 0 Å². The molecule has 0 heterocycles. The number of benzene rings is 2. The summed E-state index contributed by atoms with van der Waals surface area (Å²) in [7, 11) is 0. The van der Waals surface area contributed by atoms with Crippen molar-refractivity contribution in [1.29, 1.82) is 0 Å². The molecule has 5 nitrogen and oxygen atoms in total. The Morgan fingerprint density at radius 1 is 1.04 bits per heavy atom. The van der Waals surface area contributed by atoms with Crippen LogP contribution in [0.1, 0.15) is 29.8 Å². The largest absolute Gasteiger partial charge is 0.488 e. The third kappa shape index (κ3) is 6.29. The Bertz CT molecular complexity index is 786. The topological polar surface area (TPSA) is 55.8 Å². The molecule has 0 aliphatic rings. The zero-order chi connectivity index (χ0) is 19.6. The lowest BCUT2D eigenvalue weighted by Crippen LogP contribution is -2.35. The van der Waals surface area contributed by atoms with Crippen molar-refractivity contribution >= 4 is 11.9 Å². The van der Waals surface area contributed by atoms with Gasteiger partial charge in [-0.25, -0.2) is 4.79 Å². The van der Waals surface area contributed by atoms with Crippen molar-refractivity contribution in [3.8, 4) is 5.75 Å². The molecule has 0 atom stereocenters. The predicted molar refractivity (Wildman–Crippen MR) is 105 cm³/mol. The van der Waals surface area contributed by atoms with E-state index in [1.54, 1.807) is 29.2 Å². The second-order valence-electron chi connectivity index (χ2n) is 6.21. The van der Waals surface area contributed by atoms with Gasteiger partial charge in [0, 0.05) is 13.1 Å². The molecule has 0 spiro atoms. The number of amides is 1. The van der Waals surface area contributed by atoms with Gasteiger partial charge in [-0.3, -0.25) is 4.79 Å². The van der Waals surface area contributed by atoms with Crippen molar-refractivity contribution in [1.82, 2.24) is 4.90 Å². The standard InChI is InChI=1S/C22H25NO4/c1-4-23(14-17(2)3)21(24)16-27-22(25)19-12-8-9-13-20(19)26-15-18-10-6-5-7-11-18/h5-13H,2,4,14-16H2,1,3H3. The number of carbonyl (C=O) groups is 2. The van der Waals surface area contributed by atoms with Gasteiger partial charge in [0.1, 0.15) is 17.9 Å². The first-order valence-electron chi connectivity index (χ1n) is 8.86. The molecule has 0 unspecified atom stereocenters. The molecule has 1 amide bonds. The Morgan fingerprint density at radius 3 is 2.37 bits per heavy atom. The number of hydrogen-bond acceptors (Lipinski definition) is 4. The Morgan fingerprint density at radius 2 is 1.70 bits per heavy atom.